The molecule has 17 heavy (non-hydrogen) atoms. The van der Waals surface area contributed by atoms with E-state index >= 15 is 0 Å². The van der Waals surface area contributed by atoms with Crippen molar-refractivity contribution in [1.29, 1.82) is 0 Å². The van der Waals surface area contributed by atoms with Gasteiger partial charge in [-0.2, -0.15) is 5.10 Å². The van der Waals surface area contributed by atoms with E-state index in [1.807, 2.05) is 18.2 Å². The summed E-state index contributed by atoms with van der Waals surface area (Å²) in [5.41, 5.74) is 1.68. The normalized spacial score (nSPS) is 10.0. The monoisotopic (exact) mass is 247 g/mol. The second-order valence-corrected chi connectivity index (χ2v) is 3.87. The number of carbonyl (C=O) groups excluding carboxylic acids is 1. The van der Waals surface area contributed by atoms with Crippen LogP contribution in [0.25, 0.3) is 0 Å². The van der Waals surface area contributed by atoms with E-state index in [2.05, 4.69) is 15.5 Å². The predicted octanol–water partition coefficient (Wildman–Crippen LogP) is 2.69. The molecule has 0 aliphatic heterocycles. The number of aryl methyl sites for hydroxylation is 1. The number of nitrogens with one attached hydrogen (secondary N) is 1. The molecule has 1 heterocycles. The molecule has 0 atom stereocenters. The number of aromatic nitrogens is 2. The van der Waals surface area contributed by atoms with E-state index in [1.54, 1.807) is 25.1 Å². The van der Waals surface area contributed by atoms with Crippen LogP contribution < -0.4 is 5.32 Å². The fourth-order valence-corrected chi connectivity index (χ4v) is 1.53. The van der Waals surface area contributed by atoms with Gasteiger partial charge in [0.15, 0.2) is 5.15 Å². The Balaban J connectivity index is 2.23. The number of hydrogen-bond acceptors (Lipinski definition) is 3. The van der Waals surface area contributed by atoms with Crippen LogP contribution in [-0.4, -0.2) is 16.1 Å². The van der Waals surface area contributed by atoms with Gasteiger partial charge in [-0.15, -0.1) is 5.10 Å². The zero-order chi connectivity index (χ0) is 12.3. The average Bonchev–Trinajstić information content (AvgIpc) is 2.33. The third-order valence-corrected chi connectivity index (χ3v) is 2.43. The summed E-state index contributed by atoms with van der Waals surface area (Å²) in [6.45, 7) is 1.75. The van der Waals surface area contributed by atoms with Crippen LogP contribution in [0.3, 0.4) is 0 Å². The minimum Gasteiger partial charge on any atom is -0.322 e. The maximum atomic E-state index is 11.9. The Kier molecular flexibility index (Phi) is 3.35. The lowest BCUT2D eigenvalue weighted by Gasteiger charge is -2.06. The number of carbonyl (C=O) groups is 1. The SMILES string of the molecule is Cc1cc(C(=O)Nc2ccccc2)c(Cl)nn1. The zero-order valence-corrected chi connectivity index (χ0v) is 9.90. The van der Waals surface area contributed by atoms with E-state index in [0.29, 0.717) is 16.9 Å². The lowest BCUT2D eigenvalue weighted by Crippen LogP contribution is -2.13. The summed E-state index contributed by atoms with van der Waals surface area (Å²) in [6, 6.07) is 10.8. The third-order valence-electron chi connectivity index (χ3n) is 2.15. The Hall–Kier alpha value is -1.94. The molecule has 0 saturated carbocycles. The van der Waals surface area contributed by atoms with Gasteiger partial charge < -0.3 is 5.32 Å². The maximum Gasteiger partial charge on any atom is 0.258 e. The average molecular weight is 248 g/mol. The Morgan fingerprint density at radius 1 is 1.24 bits per heavy atom. The van der Waals surface area contributed by atoms with Crippen LogP contribution in [0.4, 0.5) is 5.69 Å². The summed E-state index contributed by atoms with van der Waals surface area (Å²) < 4.78 is 0. The van der Waals surface area contributed by atoms with Gasteiger partial charge in [0.05, 0.1) is 11.3 Å². The van der Waals surface area contributed by atoms with Crippen LogP contribution >= 0.6 is 11.6 Å². The van der Waals surface area contributed by atoms with E-state index in [4.69, 9.17) is 11.6 Å². The molecule has 0 bridgehead atoms. The molecule has 2 rings (SSSR count). The number of halogens is 1. The smallest absolute Gasteiger partial charge is 0.258 e. The van der Waals surface area contributed by atoms with Crippen LogP contribution in [0, 0.1) is 6.92 Å². The number of rotatable bonds is 2. The molecule has 0 unspecified atom stereocenters. The molecule has 0 spiro atoms. The van der Waals surface area contributed by atoms with Gasteiger partial charge in [-0.25, -0.2) is 0 Å². The summed E-state index contributed by atoms with van der Waals surface area (Å²) in [4.78, 5) is 11.9. The molecule has 0 aliphatic rings. The summed E-state index contributed by atoms with van der Waals surface area (Å²) in [5.74, 6) is -0.292. The number of nitrogens with zero attached hydrogens (tertiary/aromatic N) is 2. The molecule has 2 aromatic rings. The Morgan fingerprint density at radius 3 is 2.65 bits per heavy atom. The molecule has 4 nitrogen and oxygen atoms in total. The molecular weight excluding hydrogens is 238 g/mol. The molecule has 1 N–H and O–H groups in total. The van der Waals surface area contributed by atoms with Crippen LogP contribution in [0.5, 0.6) is 0 Å². The van der Waals surface area contributed by atoms with Crippen molar-refractivity contribution in [3.05, 3.63) is 52.8 Å². The highest BCUT2D eigenvalue weighted by molar-refractivity contribution is 6.33. The number of hydrogen-bond donors (Lipinski definition) is 1. The fraction of sp³-hybridized carbons (Fsp3) is 0.0833. The highest BCUT2D eigenvalue weighted by Crippen LogP contribution is 2.15. The Bertz CT molecular complexity index is 543. The van der Waals surface area contributed by atoms with Gasteiger partial charge in [0.2, 0.25) is 0 Å². The molecule has 0 aliphatic carbocycles. The van der Waals surface area contributed by atoms with Crippen LogP contribution in [0.1, 0.15) is 16.1 Å². The van der Waals surface area contributed by atoms with E-state index < -0.39 is 0 Å². The second-order valence-electron chi connectivity index (χ2n) is 3.51. The molecule has 0 saturated heterocycles. The largest absolute Gasteiger partial charge is 0.322 e. The molecular formula is C12H10ClN3O. The van der Waals surface area contributed by atoms with Crippen molar-refractivity contribution >= 4 is 23.2 Å². The van der Waals surface area contributed by atoms with Crippen molar-refractivity contribution in [1.82, 2.24) is 10.2 Å². The first-order valence-corrected chi connectivity index (χ1v) is 5.41. The van der Waals surface area contributed by atoms with Crippen molar-refractivity contribution in [2.45, 2.75) is 6.92 Å². The van der Waals surface area contributed by atoms with Gasteiger partial charge in [-0.1, -0.05) is 29.8 Å². The quantitative estimate of drug-likeness (QED) is 0.888. The van der Waals surface area contributed by atoms with E-state index in [-0.39, 0.29) is 11.1 Å². The summed E-state index contributed by atoms with van der Waals surface area (Å²) in [6.07, 6.45) is 0. The van der Waals surface area contributed by atoms with Crippen molar-refractivity contribution in [2.75, 3.05) is 5.32 Å². The maximum absolute atomic E-state index is 11.9. The van der Waals surface area contributed by atoms with Crippen LogP contribution in [0.15, 0.2) is 36.4 Å². The zero-order valence-electron chi connectivity index (χ0n) is 9.14. The minimum atomic E-state index is -0.292. The van der Waals surface area contributed by atoms with E-state index in [9.17, 15) is 4.79 Å². The Morgan fingerprint density at radius 2 is 1.94 bits per heavy atom. The minimum absolute atomic E-state index is 0.101. The predicted molar refractivity (Wildman–Crippen MR) is 66.2 cm³/mol. The summed E-state index contributed by atoms with van der Waals surface area (Å²) >= 11 is 5.82. The Labute approximate surface area is 104 Å². The van der Waals surface area contributed by atoms with Crippen molar-refractivity contribution in [3.63, 3.8) is 0 Å². The molecule has 0 fully saturated rings. The van der Waals surface area contributed by atoms with Gasteiger partial charge >= 0.3 is 0 Å². The number of para-hydroxylation sites is 1. The first kappa shape index (κ1) is 11.5. The van der Waals surface area contributed by atoms with E-state index in [0.717, 1.165) is 0 Å². The molecule has 1 aromatic carbocycles. The lowest BCUT2D eigenvalue weighted by atomic mass is 10.2. The van der Waals surface area contributed by atoms with Gasteiger partial charge in [0.25, 0.3) is 5.91 Å². The van der Waals surface area contributed by atoms with E-state index in [1.165, 1.54) is 0 Å². The third kappa shape index (κ3) is 2.79. The van der Waals surface area contributed by atoms with Crippen LogP contribution in [-0.2, 0) is 0 Å². The van der Waals surface area contributed by atoms with Gasteiger partial charge in [-0.05, 0) is 25.1 Å². The molecule has 5 heteroatoms. The molecule has 86 valence electrons. The standard InChI is InChI=1S/C12H10ClN3O/c1-8-7-10(11(13)16-15-8)12(17)14-9-5-3-2-4-6-9/h2-7H,1H3,(H,14,17). The molecule has 1 aromatic heterocycles. The van der Waals surface area contributed by atoms with Crippen molar-refractivity contribution in [2.24, 2.45) is 0 Å². The van der Waals surface area contributed by atoms with Crippen molar-refractivity contribution < 1.29 is 4.79 Å². The fourth-order valence-electron chi connectivity index (χ4n) is 1.35. The van der Waals surface area contributed by atoms with Crippen LogP contribution in [0.2, 0.25) is 5.15 Å². The lowest BCUT2D eigenvalue weighted by molar-refractivity contribution is 0.102. The van der Waals surface area contributed by atoms with Crippen molar-refractivity contribution in [3.8, 4) is 0 Å². The molecule has 1 amide bonds. The topological polar surface area (TPSA) is 54.9 Å². The number of amides is 1. The highest BCUT2D eigenvalue weighted by atomic mass is 35.5. The van der Waals surface area contributed by atoms with Gasteiger partial charge in [0.1, 0.15) is 0 Å². The van der Waals surface area contributed by atoms with Gasteiger partial charge in [-0.3, -0.25) is 4.79 Å². The summed E-state index contributed by atoms with van der Waals surface area (Å²) in [7, 11) is 0. The first-order chi connectivity index (χ1) is 8.16. The highest BCUT2D eigenvalue weighted by Gasteiger charge is 2.12. The summed E-state index contributed by atoms with van der Waals surface area (Å²) in [5, 5.41) is 10.3. The van der Waals surface area contributed by atoms with Gasteiger partial charge in [0, 0.05) is 5.69 Å². The number of benzene rings is 1. The molecule has 0 radical (unpaired) electrons. The first-order valence-electron chi connectivity index (χ1n) is 5.03. The second kappa shape index (κ2) is 4.93. The number of anilines is 1.